The molecule has 7 heteroatoms. The number of benzene rings is 2. The van der Waals surface area contributed by atoms with Gasteiger partial charge >= 0.3 is 5.97 Å². The summed E-state index contributed by atoms with van der Waals surface area (Å²) in [5, 5.41) is 2.84. The molecule has 2 aromatic rings. The van der Waals surface area contributed by atoms with E-state index in [-0.39, 0.29) is 5.91 Å². The third kappa shape index (κ3) is 5.40. The van der Waals surface area contributed by atoms with Gasteiger partial charge < -0.3 is 24.3 Å². The van der Waals surface area contributed by atoms with E-state index in [9.17, 15) is 9.59 Å². The highest BCUT2D eigenvalue weighted by atomic mass is 16.5. The molecule has 1 N–H and O–H groups in total. The van der Waals surface area contributed by atoms with Crippen LogP contribution in [-0.2, 0) is 4.74 Å². The molecule has 0 aromatic heterocycles. The summed E-state index contributed by atoms with van der Waals surface area (Å²) in [4.78, 5) is 24.7. The van der Waals surface area contributed by atoms with Gasteiger partial charge in [0.1, 0.15) is 0 Å². The lowest BCUT2D eigenvalue weighted by Gasteiger charge is -2.17. The van der Waals surface area contributed by atoms with Gasteiger partial charge in [0, 0.05) is 11.3 Å². The quantitative estimate of drug-likeness (QED) is 0.633. The van der Waals surface area contributed by atoms with Crippen molar-refractivity contribution in [1.29, 1.82) is 0 Å². The van der Waals surface area contributed by atoms with Gasteiger partial charge in [-0.1, -0.05) is 6.07 Å². The van der Waals surface area contributed by atoms with Crippen LogP contribution in [0.4, 0.5) is 5.69 Å². The molecule has 0 radical (unpaired) electrons. The molecule has 0 atom stereocenters. The summed E-state index contributed by atoms with van der Waals surface area (Å²) in [6.45, 7) is 8.67. The molecule has 0 aliphatic carbocycles. The highest BCUT2D eigenvalue weighted by molar-refractivity contribution is 6.06. The van der Waals surface area contributed by atoms with Crippen LogP contribution in [0.25, 0.3) is 0 Å². The molecule has 0 heterocycles. The van der Waals surface area contributed by atoms with Gasteiger partial charge in [0.05, 0.1) is 32.5 Å². The van der Waals surface area contributed by atoms with E-state index >= 15 is 0 Å². The second-order valence-electron chi connectivity index (χ2n) is 6.08. The highest BCUT2D eigenvalue weighted by Gasteiger charge is 2.19. The molecule has 0 unspecified atom stereocenters. The van der Waals surface area contributed by atoms with Crippen molar-refractivity contribution in [3.8, 4) is 17.2 Å². The monoisotopic (exact) mass is 401 g/mol. The first kappa shape index (κ1) is 22.1. The van der Waals surface area contributed by atoms with E-state index in [0.29, 0.717) is 53.9 Å². The lowest BCUT2D eigenvalue weighted by Crippen LogP contribution is -2.15. The molecule has 2 aromatic carbocycles. The third-order valence-corrected chi connectivity index (χ3v) is 4.08. The molecule has 0 aliphatic rings. The van der Waals surface area contributed by atoms with Crippen molar-refractivity contribution in [3.05, 3.63) is 47.0 Å². The number of amides is 1. The largest absolute Gasteiger partial charge is 0.490 e. The average molecular weight is 401 g/mol. The molecule has 7 nitrogen and oxygen atoms in total. The van der Waals surface area contributed by atoms with Gasteiger partial charge in [0.2, 0.25) is 5.75 Å². The van der Waals surface area contributed by atoms with Crippen LogP contribution >= 0.6 is 0 Å². The van der Waals surface area contributed by atoms with E-state index in [1.807, 2.05) is 27.7 Å². The zero-order chi connectivity index (χ0) is 21.4. The Morgan fingerprint density at radius 1 is 0.862 bits per heavy atom. The van der Waals surface area contributed by atoms with E-state index < -0.39 is 5.97 Å². The van der Waals surface area contributed by atoms with Gasteiger partial charge in [-0.15, -0.1) is 0 Å². The Kier molecular flexibility index (Phi) is 7.88. The minimum Gasteiger partial charge on any atom is -0.490 e. The fourth-order valence-electron chi connectivity index (χ4n) is 2.72. The van der Waals surface area contributed by atoms with Crippen molar-refractivity contribution >= 4 is 17.6 Å². The standard InChI is InChI=1S/C22H27NO6/c1-6-27-18-12-16(13-19(28-7-2)20(18)29-8-3)21(24)23-17-11-15(22(25)26-5)10-9-14(17)4/h9-13H,6-8H2,1-5H3,(H,23,24). The molecular formula is C22H27NO6. The topological polar surface area (TPSA) is 83.1 Å². The lowest BCUT2D eigenvalue weighted by atomic mass is 10.1. The van der Waals surface area contributed by atoms with Crippen LogP contribution in [0.1, 0.15) is 47.1 Å². The zero-order valence-corrected chi connectivity index (χ0v) is 17.5. The Morgan fingerprint density at radius 2 is 1.45 bits per heavy atom. The normalized spacial score (nSPS) is 10.2. The minimum absolute atomic E-state index is 0.350. The summed E-state index contributed by atoms with van der Waals surface area (Å²) in [6, 6.07) is 8.21. The fraction of sp³-hybridized carbons (Fsp3) is 0.364. The number of anilines is 1. The smallest absolute Gasteiger partial charge is 0.337 e. The minimum atomic E-state index is -0.473. The van der Waals surface area contributed by atoms with Crippen LogP contribution in [0, 0.1) is 6.92 Å². The lowest BCUT2D eigenvalue weighted by molar-refractivity contribution is 0.0600. The Balaban J connectivity index is 2.41. The maximum Gasteiger partial charge on any atom is 0.337 e. The predicted octanol–water partition coefficient (Wildman–Crippen LogP) is 4.23. The van der Waals surface area contributed by atoms with Crippen molar-refractivity contribution < 1.29 is 28.5 Å². The number of nitrogens with one attached hydrogen (secondary N) is 1. The van der Waals surface area contributed by atoms with Gasteiger partial charge in [-0.3, -0.25) is 4.79 Å². The number of hydrogen-bond donors (Lipinski definition) is 1. The van der Waals surface area contributed by atoms with Crippen molar-refractivity contribution in [2.24, 2.45) is 0 Å². The summed E-state index contributed by atoms with van der Waals surface area (Å²) < 4.78 is 21.7. The Bertz CT molecular complexity index is 851. The van der Waals surface area contributed by atoms with Crippen molar-refractivity contribution in [2.45, 2.75) is 27.7 Å². The number of ether oxygens (including phenoxy) is 4. The second kappa shape index (κ2) is 10.4. The molecule has 1 amide bonds. The molecule has 0 spiro atoms. The maximum absolute atomic E-state index is 12.9. The number of aryl methyl sites for hydroxylation is 1. The van der Waals surface area contributed by atoms with Crippen LogP contribution in [0.3, 0.4) is 0 Å². The Hall–Kier alpha value is -3.22. The number of rotatable bonds is 9. The predicted molar refractivity (Wildman–Crippen MR) is 110 cm³/mol. The number of carbonyl (C=O) groups excluding carboxylic acids is 2. The molecule has 0 bridgehead atoms. The van der Waals surface area contributed by atoms with E-state index in [1.165, 1.54) is 7.11 Å². The summed E-state index contributed by atoms with van der Waals surface area (Å²) in [6.07, 6.45) is 0. The molecule has 2 rings (SSSR count). The van der Waals surface area contributed by atoms with E-state index in [0.717, 1.165) is 5.56 Å². The maximum atomic E-state index is 12.9. The number of methoxy groups -OCH3 is 1. The average Bonchev–Trinajstić information content (AvgIpc) is 2.71. The van der Waals surface area contributed by atoms with Gasteiger partial charge in [-0.2, -0.15) is 0 Å². The van der Waals surface area contributed by atoms with Crippen molar-refractivity contribution in [2.75, 3.05) is 32.2 Å². The molecule has 156 valence electrons. The number of hydrogen-bond acceptors (Lipinski definition) is 6. The van der Waals surface area contributed by atoms with Crippen LogP contribution in [0.15, 0.2) is 30.3 Å². The molecular weight excluding hydrogens is 374 g/mol. The molecule has 0 fully saturated rings. The summed E-state index contributed by atoms with van der Waals surface area (Å²) >= 11 is 0. The van der Waals surface area contributed by atoms with Crippen LogP contribution in [-0.4, -0.2) is 38.8 Å². The number of carbonyl (C=O) groups is 2. The first-order valence-corrected chi connectivity index (χ1v) is 9.51. The van der Waals surface area contributed by atoms with Crippen LogP contribution < -0.4 is 19.5 Å². The molecule has 0 saturated heterocycles. The van der Waals surface area contributed by atoms with Gasteiger partial charge in [-0.25, -0.2) is 4.79 Å². The van der Waals surface area contributed by atoms with Gasteiger partial charge in [-0.05, 0) is 57.5 Å². The van der Waals surface area contributed by atoms with Crippen LogP contribution in [0.5, 0.6) is 17.2 Å². The first-order chi connectivity index (χ1) is 13.9. The van der Waals surface area contributed by atoms with Crippen molar-refractivity contribution in [1.82, 2.24) is 0 Å². The number of esters is 1. The SMILES string of the molecule is CCOc1cc(C(=O)Nc2cc(C(=O)OC)ccc2C)cc(OCC)c1OCC. The Morgan fingerprint density at radius 3 is 1.97 bits per heavy atom. The van der Waals surface area contributed by atoms with Crippen molar-refractivity contribution in [3.63, 3.8) is 0 Å². The van der Waals surface area contributed by atoms with Gasteiger partial charge in [0.15, 0.2) is 11.5 Å². The van der Waals surface area contributed by atoms with E-state index in [4.69, 9.17) is 18.9 Å². The first-order valence-electron chi connectivity index (χ1n) is 9.51. The molecule has 29 heavy (non-hydrogen) atoms. The van der Waals surface area contributed by atoms with E-state index in [1.54, 1.807) is 30.3 Å². The fourth-order valence-corrected chi connectivity index (χ4v) is 2.72. The molecule has 0 aliphatic heterocycles. The summed E-state index contributed by atoms with van der Waals surface area (Å²) in [5.74, 6) is 0.506. The second-order valence-corrected chi connectivity index (χ2v) is 6.08. The Labute approximate surface area is 170 Å². The van der Waals surface area contributed by atoms with E-state index in [2.05, 4.69) is 5.32 Å². The summed E-state index contributed by atoms with van der Waals surface area (Å²) in [5.41, 5.74) is 2.03. The third-order valence-electron chi connectivity index (χ3n) is 4.08. The summed E-state index contributed by atoms with van der Waals surface area (Å²) in [7, 11) is 1.31. The zero-order valence-electron chi connectivity index (χ0n) is 17.5. The van der Waals surface area contributed by atoms with Crippen LogP contribution in [0.2, 0.25) is 0 Å². The van der Waals surface area contributed by atoms with Gasteiger partial charge in [0.25, 0.3) is 5.91 Å². The highest BCUT2D eigenvalue weighted by Crippen LogP contribution is 2.39. The molecule has 0 saturated carbocycles.